The number of esters is 1. The fourth-order valence-electron chi connectivity index (χ4n) is 3.98. The van der Waals surface area contributed by atoms with Crippen molar-refractivity contribution < 1.29 is 14.3 Å². The molecular formula is C27H34N4O4. The minimum atomic E-state index is -0.427. The lowest BCUT2D eigenvalue weighted by Gasteiger charge is -2.30. The summed E-state index contributed by atoms with van der Waals surface area (Å²) in [6, 6.07) is 13.2. The van der Waals surface area contributed by atoms with E-state index in [1.54, 1.807) is 46.7 Å². The first-order chi connectivity index (χ1) is 16.9. The lowest BCUT2D eigenvalue weighted by atomic mass is 10.2. The van der Waals surface area contributed by atoms with Gasteiger partial charge < -0.3 is 15.0 Å². The third kappa shape index (κ3) is 6.07. The monoisotopic (exact) mass is 478 g/mol. The van der Waals surface area contributed by atoms with Crippen LogP contribution in [0.5, 0.6) is 0 Å². The Morgan fingerprint density at radius 1 is 1.06 bits per heavy atom. The zero-order valence-electron chi connectivity index (χ0n) is 20.9. The molecule has 1 N–H and O–H groups in total. The molecule has 8 nitrogen and oxygen atoms in total. The second-order valence-corrected chi connectivity index (χ2v) is 8.39. The molecule has 8 heteroatoms. The maximum Gasteiger partial charge on any atom is 0.338 e. The fraction of sp³-hybridized carbons (Fsp3) is 0.407. The highest BCUT2D eigenvalue weighted by Gasteiger charge is 2.26. The summed E-state index contributed by atoms with van der Waals surface area (Å²) in [5.74, 6) is 0.166. The Balaban J connectivity index is 1.92. The Morgan fingerprint density at radius 3 is 2.43 bits per heavy atom. The maximum absolute atomic E-state index is 13.4. The number of urea groups is 1. The standard InChI is InChI=1S/C27H34N4O4/c1-5-8-18-30(27(34)28-21-15-13-20(14-16-21)26(33)35-7-3)19(4)24-29-23-12-10-9-11-22(23)25(32)31(24)17-6-2/h9-16,19H,5-8,17-18H2,1-4H3,(H,28,34). The molecule has 0 spiro atoms. The van der Waals surface area contributed by atoms with Gasteiger partial charge in [-0.25, -0.2) is 14.6 Å². The zero-order valence-corrected chi connectivity index (χ0v) is 20.9. The summed E-state index contributed by atoms with van der Waals surface area (Å²) in [7, 11) is 0. The van der Waals surface area contributed by atoms with Gasteiger partial charge in [-0.15, -0.1) is 0 Å². The molecule has 1 heterocycles. The van der Waals surface area contributed by atoms with Crippen LogP contribution < -0.4 is 10.9 Å². The van der Waals surface area contributed by atoms with E-state index in [0.717, 1.165) is 19.3 Å². The molecule has 2 amide bonds. The average molecular weight is 479 g/mol. The summed E-state index contributed by atoms with van der Waals surface area (Å²) in [5, 5.41) is 3.50. The maximum atomic E-state index is 13.4. The number of fused-ring (bicyclic) bond motifs is 1. The van der Waals surface area contributed by atoms with Gasteiger partial charge in [-0.3, -0.25) is 9.36 Å². The van der Waals surface area contributed by atoms with Gasteiger partial charge in [-0.05, 0) is 63.1 Å². The molecule has 2 aromatic carbocycles. The second-order valence-electron chi connectivity index (χ2n) is 8.39. The Bertz CT molecular complexity index is 1220. The number of ether oxygens (including phenoxy) is 1. The van der Waals surface area contributed by atoms with E-state index in [-0.39, 0.29) is 11.6 Å². The number of unbranched alkanes of at least 4 members (excludes halogenated alkanes) is 1. The number of aromatic nitrogens is 2. The zero-order chi connectivity index (χ0) is 25.4. The van der Waals surface area contributed by atoms with Crippen LogP contribution in [0, 0.1) is 0 Å². The molecule has 0 saturated carbocycles. The van der Waals surface area contributed by atoms with E-state index < -0.39 is 12.0 Å². The van der Waals surface area contributed by atoms with Crippen molar-refractivity contribution in [3.63, 3.8) is 0 Å². The number of hydrogen-bond donors (Lipinski definition) is 1. The molecule has 3 rings (SSSR count). The van der Waals surface area contributed by atoms with Crippen molar-refractivity contribution in [1.82, 2.24) is 14.5 Å². The van der Waals surface area contributed by atoms with Crippen molar-refractivity contribution in [3.05, 3.63) is 70.3 Å². The van der Waals surface area contributed by atoms with Crippen LogP contribution >= 0.6 is 0 Å². The molecule has 1 aromatic heterocycles. The van der Waals surface area contributed by atoms with Gasteiger partial charge in [-0.2, -0.15) is 0 Å². The van der Waals surface area contributed by atoms with Crippen LogP contribution in [-0.2, 0) is 11.3 Å². The molecule has 0 aliphatic heterocycles. The smallest absolute Gasteiger partial charge is 0.338 e. The molecule has 0 radical (unpaired) electrons. The van der Waals surface area contributed by atoms with E-state index in [0.29, 0.717) is 47.7 Å². The highest BCUT2D eigenvalue weighted by Crippen LogP contribution is 2.22. The van der Waals surface area contributed by atoms with Gasteiger partial charge in [0.1, 0.15) is 5.82 Å². The normalized spacial score (nSPS) is 11.8. The van der Waals surface area contributed by atoms with Crippen LogP contribution in [0.15, 0.2) is 53.3 Å². The van der Waals surface area contributed by atoms with Crippen molar-refractivity contribution in [2.45, 2.75) is 59.5 Å². The number of carbonyl (C=O) groups is 2. The van der Waals surface area contributed by atoms with Gasteiger partial charge in [0.25, 0.3) is 5.56 Å². The third-order valence-corrected chi connectivity index (χ3v) is 5.84. The van der Waals surface area contributed by atoms with Crippen molar-refractivity contribution in [2.75, 3.05) is 18.5 Å². The number of amides is 2. The van der Waals surface area contributed by atoms with Gasteiger partial charge in [-0.1, -0.05) is 32.4 Å². The molecule has 186 valence electrons. The molecule has 1 unspecified atom stereocenters. The summed E-state index contributed by atoms with van der Waals surface area (Å²) < 4.78 is 6.70. The lowest BCUT2D eigenvalue weighted by Crippen LogP contribution is -2.40. The number of hydrogen-bond acceptors (Lipinski definition) is 5. The summed E-state index contributed by atoms with van der Waals surface area (Å²) in [4.78, 5) is 45.1. The molecule has 0 aliphatic carbocycles. The number of rotatable bonds is 10. The largest absolute Gasteiger partial charge is 0.462 e. The quantitative estimate of drug-likeness (QED) is 0.395. The second kappa shape index (κ2) is 12.1. The molecular weight excluding hydrogens is 444 g/mol. The number of benzene rings is 2. The average Bonchev–Trinajstić information content (AvgIpc) is 2.86. The van der Waals surface area contributed by atoms with Gasteiger partial charge >= 0.3 is 12.0 Å². The van der Waals surface area contributed by atoms with Crippen molar-refractivity contribution in [3.8, 4) is 0 Å². The first-order valence-electron chi connectivity index (χ1n) is 12.2. The van der Waals surface area contributed by atoms with Crippen molar-refractivity contribution >= 4 is 28.6 Å². The van der Waals surface area contributed by atoms with E-state index >= 15 is 0 Å². The highest BCUT2D eigenvalue weighted by atomic mass is 16.5. The van der Waals surface area contributed by atoms with Crippen LogP contribution in [0.2, 0.25) is 0 Å². The summed E-state index contributed by atoms with van der Waals surface area (Å²) in [6.07, 6.45) is 2.50. The van der Waals surface area contributed by atoms with E-state index in [1.807, 2.05) is 32.0 Å². The first kappa shape index (κ1) is 25.9. The van der Waals surface area contributed by atoms with Crippen LogP contribution in [0.25, 0.3) is 10.9 Å². The van der Waals surface area contributed by atoms with E-state index in [4.69, 9.17) is 9.72 Å². The Labute approximate surface area is 205 Å². The van der Waals surface area contributed by atoms with Gasteiger partial charge in [0.2, 0.25) is 0 Å². The molecule has 3 aromatic rings. The molecule has 35 heavy (non-hydrogen) atoms. The third-order valence-electron chi connectivity index (χ3n) is 5.84. The predicted octanol–water partition coefficient (Wildman–Crippen LogP) is 5.38. The highest BCUT2D eigenvalue weighted by molar-refractivity contribution is 5.92. The minimum absolute atomic E-state index is 0.0929. The van der Waals surface area contributed by atoms with Crippen molar-refractivity contribution in [1.29, 1.82) is 0 Å². The van der Waals surface area contributed by atoms with Gasteiger partial charge in [0, 0.05) is 18.8 Å². The number of nitrogens with zero attached hydrogens (tertiary/aromatic N) is 3. The van der Waals surface area contributed by atoms with E-state index in [9.17, 15) is 14.4 Å². The molecule has 0 aliphatic rings. The van der Waals surface area contributed by atoms with Crippen LogP contribution in [0.4, 0.5) is 10.5 Å². The van der Waals surface area contributed by atoms with Gasteiger partial charge in [0.05, 0.1) is 29.1 Å². The summed E-state index contributed by atoms with van der Waals surface area (Å²) in [6.45, 7) is 9.07. The summed E-state index contributed by atoms with van der Waals surface area (Å²) in [5.41, 5.74) is 1.51. The predicted molar refractivity (Wildman–Crippen MR) is 138 cm³/mol. The minimum Gasteiger partial charge on any atom is -0.462 e. The van der Waals surface area contributed by atoms with Crippen LogP contribution in [0.3, 0.4) is 0 Å². The summed E-state index contributed by atoms with van der Waals surface area (Å²) >= 11 is 0. The molecule has 0 fully saturated rings. The van der Waals surface area contributed by atoms with Crippen molar-refractivity contribution in [2.24, 2.45) is 0 Å². The number of anilines is 1. The molecule has 0 saturated heterocycles. The fourth-order valence-corrected chi connectivity index (χ4v) is 3.98. The molecule has 0 bridgehead atoms. The van der Waals surface area contributed by atoms with E-state index in [2.05, 4.69) is 12.2 Å². The Morgan fingerprint density at radius 2 is 1.77 bits per heavy atom. The van der Waals surface area contributed by atoms with Gasteiger partial charge in [0.15, 0.2) is 0 Å². The molecule has 1 atom stereocenters. The van der Waals surface area contributed by atoms with Crippen LogP contribution in [0.1, 0.15) is 69.2 Å². The van der Waals surface area contributed by atoms with E-state index in [1.165, 1.54) is 0 Å². The number of nitrogens with one attached hydrogen (secondary N) is 1. The topological polar surface area (TPSA) is 93.5 Å². The first-order valence-corrected chi connectivity index (χ1v) is 12.2. The Hall–Kier alpha value is -3.68. The number of para-hydroxylation sites is 1. The Kier molecular flexibility index (Phi) is 9.00. The lowest BCUT2D eigenvalue weighted by molar-refractivity contribution is 0.0526. The number of carbonyl (C=O) groups excluding carboxylic acids is 2. The van der Waals surface area contributed by atoms with Crippen LogP contribution in [-0.4, -0.2) is 39.6 Å². The SMILES string of the molecule is CCCCN(C(=O)Nc1ccc(C(=O)OCC)cc1)C(C)c1nc2ccccc2c(=O)n1CCC.